The first-order valence-corrected chi connectivity index (χ1v) is 7.90. The van der Waals surface area contributed by atoms with Crippen LogP contribution in [0, 0.1) is 12.7 Å². The Morgan fingerprint density at radius 2 is 1.90 bits per heavy atom. The number of methoxy groups -OCH3 is 1. The smallest absolute Gasteiger partial charge is 0.131 e. The van der Waals surface area contributed by atoms with E-state index in [1.165, 1.54) is 13.2 Å². The van der Waals surface area contributed by atoms with E-state index in [2.05, 4.69) is 31.9 Å². The highest BCUT2D eigenvalue weighted by molar-refractivity contribution is 9.11. The molecule has 5 heteroatoms. The van der Waals surface area contributed by atoms with E-state index >= 15 is 0 Å². The molecule has 0 spiro atoms. The summed E-state index contributed by atoms with van der Waals surface area (Å²) in [5.74, 6) is 0.0570. The average Bonchev–Trinajstić information content (AvgIpc) is 2.41. The van der Waals surface area contributed by atoms with Crippen molar-refractivity contribution in [1.82, 2.24) is 0 Å². The zero-order valence-electron chi connectivity index (χ0n) is 10.9. The number of alkyl halides is 1. The third kappa shape index (κ3) is 3.02. The van der Waals surface area contributed by atoms with Crippen LogP contribution < -0.4 is 4.74 Å². The largest absolute Gasteiger partial charge is 0.496 e. The fourth-order valence-corrected chi connectivity index (χ4v) is 3.52. The fourth-order valence-electron chi connectivity index (χ4n) is 1.95. The number of halogens is 4. The molecule has 0 N–H and O–H groups in total. The van der Waals surface area contributed by atoms with Gasteiger partial charge in [-0.3, -0.25) is 0 Å². The molecule has 2 aromatic rings. The van der Waals surface area contributed by atoms with E-state index < -0.39 is 5.38 Å². The van der Waals surface area contributed by atoms with Gasteiger partial charge >= 0.3 is 0 Å². The van der Waals surface area contributed by atoms with Gasteiger partial charge in [0, 0.05) is 8.95 Å². The molecule has 0 aliphatic rings. The standard InChI is InChI=1S/C15H12Br2ClFO/c1-8-6-11(17)9(7-10(8)16)15(18)14-12(19)4-3-5-13(14)20-2/h3-7,15H,1-2H3. The van der Waals surface area contributed by atoms with Gasteiger partial charge in [-0.2, -0.15) is 0 Å². The molecule has 0 saturated heterocycles. The molecular weight excluding hydrogens is 410 g/mol. The Labute approximate surface area is 139 Å². The van der Waals surface area contributed by atoms with Crippen LogP contribution in [0.1, 0.15) is 22.1 Å². The molecule has 0 saturated carbocycles. The highest BCUT2D eigenvalue weighted by Gasteiger charge is 2.22. The Morgan fingerprint density at radius 3 is 2.55 bits per heavy atom. The van der Waals surface area contributed by atoms with E-state index in [1.54, 1.807) is 12.1 Å². The monoisotopic (exact) mass is 420 g/mol. The van der Waals surface area contributed by atoms with Gasteiger partial charge in [-0.15, -0.1) is 11.6 Å². The maximum absolute atomic E-state index is 14.1. The number of aryl methyl sites for hydroxylation is 1. The number of rotatable bonds is 3. The summed E-state index contributed by atoms with van der Waals surface area (Å²) >= 11 is 13.4. The lowest BCUT2D eigenvalue weighted by molar-refractivity contribution is 0.405. The molecule has 1 nitrogen and oxygen atoms in total. The van der Waals surface area contributed by atoms with E-state index in [9.17, 15) is 4.39 Å². The summed E-state index contributed by atoms with van der Waals surface area (Å²) in [6, 6.07) is 8.52. The topological polar surface area (TPSA) is 9.23 Å². The molecule has 2 aromatic carbocycles. The van der Waals surface area contributed by atoms with Gasteiger partial charge in [-0.1, -0.05) is 37.9 Å². The quantitative estimate of drug-likeness (QED) is 0.552. The number of hydrogen-bond donors (Lipinski definition) is 0. The van der Waals surface area contributed by atoms with Gasteiger partial charge in [0.25, 0.3) is 0 Å². The predicted octanol–water partition coefficient (Wildman–Crippen LogP) is 6.00. The van der Waals surface area contributed by atoms with Crippen LogP contribution in [0.2, 0.25) is 0 Å². The van der Waals surface area contributed by atoms with Crippen molar-refractivity contribution < 1.29 is 9.13 Å². The lowest BCUT2D eigenvalue weighted by Crippen LogP contribution is -2.02. The summed E-state index contributed by atoms with van der Waals surface area (Å²) in [4.78, 5) is 0. The van der Waals surface area contributed by atoms with Crippen molar-refractivity contribution in [1.29, 1.82) is 0 Å². The molecule has 0 radical (unpaired) electrons. The molecule has 2 rings (SSSR count). The first kappa shape index (κ1) is 15.8. The second-order valence-corrected chi connectivity index (χ2v) is 6.49. The molecular formula is C15H12Br2ClFO. The van der Waals surface area contributed by atoms with E-state index in [0.29, 0.717) is 11.3 Å². The zero-order valence-corrected chi connectivity index (χ0v) is 14.8. The minimum Gasteiger partial charge on any atom is -0.496 e. The first-order chi connectivity index (χ1) is 9.45. The van der Waals surface area contributed by atoms with Crippen LogP contribution in [-0.2, 0) is 0 Å². The summed E-state index contributed by atoms with van der Waals surface area (Å²) < 4.78 is 21.1. The van der Waals surface area contributed by atoms with Gasteiger partial charge in [0.15, 0.2) is 0 Å². The minimum atomic E-state index is -0.641. The van der Waals surface area contributed by atoms with Gasteiger partial charge in [0.05, 0.1) is 18.1 Å². The zero-order chi connectivity index (χ0) is 14.9. The predicted molar refractivity (Wildman–Crippen MR) is 87.2 cm³/mol. The summed E-state index contributed by atoms with van der Waals surface area (Å²) in [6.45, 7) is 1.98. The van der Waals surface area contributed by atoms with E-state index in [0.717, 1.165) is 20.1 Å². The molecule has 20 heavy (non-hydrogen) atoms. The van der Waals surface area contributed by atoms with Crippen LogP contribution in [0.25, 0.3) is 0 Å². The minimum absolute atomic E-state index is 0.341. The van der Waals surface area contributed by atoms with Gasteiger partial charge in [-0.05, 0) is 42.3 Å². The van der Waals surface area contributed by atoms with Gasteiger partial charge in [0.2, 0.25) is 0 Å². The van der Waals surface area contributed by atoms with Crippen molar-refractivity contribution in [3.63, 3.8) is 0 Å². The highest BCUT2D eigenvalue weighted by atomic mass is 79.9. The lowest BCUT2D eigenvalue weighted by atomic mass is 10.0. The van der Waals surface area contributed by atoms with Crippen molar-refractivity contribution >= 4 is 43.5 Å². The molecule has 0 aliphatic carbocycles. The molecule has 106 valence electrons. The number of ether oxygens (including phenoxy) is 1. The van der Waals surface area contributed by atoms with Crippen LogP contribution >= 0.6 is 43.5 Å². The third-order valence-corrected chi connectivity index (χ3v) is 5.03. The van der Waals surface area contributed by atoms with Crippen LogP contribution in [0.4, 0.5) is 4.39 Å². The Hall–Kier alpha value is -0.580. The van der Waals surface area contributed by atoms with Gasteiger partial charge in [-0.25, -0.2) is 4.39 Å². The van der Waals surface area contributed by atoms with Crippen molar-refractivity contribution in [2.75, 3.05) is 7.11 Å². The Morgan fingerprint density at radius 1 is 1.20 bits per heavy atom. The summed E-state index contributed by atoms with van der Waals surface area (Å²) in [5.41, 5.74) is 2.20. The van der Waals surface area contributed by atoms with E-state index in [1.807, 2.05) is 19.1 Å². The number of hydrogen-bond acceptors (Lipinski definition) is 1. The average molecular weight is 423 g/mol. The molecule has 1 unspecified atom stereocenters. The molecule has 0 amide bonds. The Bertz CT molecular complexity index is 646. The lowest BCUT2D eigenvalue weighted by Gasteiger charge is -2.17. The second-order valence-electron chi connectivity index (χ2n) is 4.34. The fraction of sp³-hybridized carbons (Fsp3) is 0.200. The van der Waals surface area contributed by atoms with Crippen molar-refractivity contribution in [2.45, 2.75) is 12.3 Å². The Kier molecular flexibility index (Phi) is 5.10. The van der Waals surface area contributed by atoms with Gasteiger partial charge < -0.3 is 4.74 Å². The molecule has 0 aromatic heterocycles. The molecule has 0 bridgehead atoms. The summed E-state index contributed by atoms with van der Waals surface area (Å²) in [5, 5.41) is -0.641. The first-order valence-electron chi connectivity index (χ1n) is 5.87. The van der Waals surface area contributed by atoms with Crippen molar-refractivity contribution in [3.05, 3.63) is 61.8 Å². The SMILES string of the molecule is COc1cccc(F)c1C(Cl)c1cc(Br)c(C)cc1Br. The second kappa shape index (κ2) is 6.46. The third-order valence-electron chi connectivity index (χ3n) is 3.04. The maximum Gasteiger partial charge on any atom is 0.131 e. The highest BCUT2D eigenvalue weighted by Crippen LogP contribution is 2.41. The van der Waals surface area contributed by atoms with Crippen LogP contribution in [-0.4, -0.2) is 7.11 Å². The Balaban J connectivity index is 2.57. The molecule has 0 aliphatic heterocycles. The summed E-state index contributed by atoms with van der Waals surface area (Å²) in [7, 11) is 1.50. The van der Waals surface area contributed by atoms with Crippen LogP contribution in [0.5, 0.6) is 5.75 Å². The van der Waals surface area contributed by atoms with Crippen molar-refractivity contribution in [2.24, 2.45) is 0 Å². The van der Waals surface area contributed by atoms with E-state index in [4.69, 9.17) is 16.3 Å². The van der Waals surface area contributed by atoms with Crippen LogP contribution in [0.3, 0.4) is 0 Å². The number of benzene rings is 2. The molecule has 0 heterocycles. The normalized spacial score (nSPS) is 12.3. The van der Waals surface area contributed by atoms with Crippen LogP contribution in [0.15, 0.2) is 39.3 Å². The van der Waals surface area contributed by atoms with Gasteiger partial charge in [0.1, 0.15) is 11.6 Å². The summed E-state index contributed by atoms with van der Waals surface area (Å²) in [6.07, 6.45) is 0. The van der Waals surface area contributed by atoms with Crippen molar-refractivity contribution in [3.8, 4) is 5.75 Å². The maximum atomic E-state index is 14.1. The molecule has 1 atom stereocenters. The molecule has 0 fully saturated rings. The van der Waals surface area contributed by atoms with E-state index in [-0.39, 0.29) is 5.82 Å².